The van der Waals surface area contributed by atoms with Crippen molar-refractivity contribution >= 4 is 0 Å². The summed E-state index contributed by atoms with van der Waals surface area (Å²) in [5.41, 5.74) is 0. The van der Waals surface area contributed by atoms with Crippen LogP contribution in [-0.2, 0) is 14.2 Å². The minimum absolute atomic E-state index is 0.0339. The van der Waals surface area contributed by atoms with Gasteiger partial charge in [-0.15, -0.1) is 0 Å². The van der Waals surface area contributed by atoms with Crippen LogP contribution in [0.4, 0.5) is 0 Å². The third kappa shape index (κ3) is 3.20. The quantitative estimate of drug-likeness (QED) is 0.676. The molecule has 0 spiro atoms. The van der Waals surface area contributed by atoms with Crippen molar-refractivity contribution in [2.24, 2.45) is 0 Å². The van der Waals surface area contributed by atoms with E-state index >= 15 is 0 Å². The SMILES string of the molecule is C1CCC(OCN2CCOCC2)OC1. The monoisotopic (exact) mass is 201 g/mol. The standard InChI is InChI=1S/C10H19NO3/c1-2-6-13-10(3-1)14-9-11-4-7-12-8-5-11/h10H,1-9H2. The first kappa shape index (κ1) is 10.4. The molecule has 0 saturated carbocycles. The summed E-state index contributed by atoms with van der Waals surface area (Å²) < 4.78 is 16.4. The maximum absolute atomic E-state index is 5.67. The molecule has 82 valence electrons. The Morgan fingerprint density at radius 3 is 2.71 bits per heavy atom. The molecule has 0 N–H and O–H groups in total. The highest BCUT2D eigenvalue weighted by atomic mass is 16.7. The van der Waals surface area contributed by atoms with Crippen LogP contribution < -0.4 is 0 Å². The first-order chi connectivity index (χ1) is 6.95. The average molecular weight is 201 g/mol. The van der Waals surface area contributed by atoms with Gasteiger partial charge in [-0.25, -0.2) is 0 Å². The van der Waals surface area contributed by atoms with Crippen LogP contribution in [0.5, 0.6) is 0 Å². The molecule has 0 aromatic rings. The topological polar surface area (TPSA) is 30.9 Å². The van der Waals surface area contributed by atoms with Gasteiger partial charge in [0.25, 0.3) is 0 Å². The molecular weight excluding hydrogens is 182 g/mol. The number of rotatable bonds is 3. The fourth-order valence-corrected chi connectivity index (χ4v) is 1.76. The molecule has 0 aliphatic carbocycles. The zero-order valence-electron chi connectivity index (χ0n) is 8.61. The van der Waals surface area contributed by atoms with E-state index in [2.05, 4.69) is 4.90 Å². The Kier molecular flexibility index (Phi) is 4.19. The fraction of sp³-hybridized carbons (Fsp3) is 1.00. The van der Waals surface area contributed by atoms with Crippen molar-refractivity contribution < 1.29 is 14.2 Å². The Hall–Kier alpha value is -0.160. The maximum atomic E-state index is 5.67. The van der Waals surface area contributed by atoms with Crippen molar-refractivity contribution in [3.8, 4) is 0 Å². The first-order valence-electron chi connectivity index (χ1n) is 5.48. The summed E-state index contributed by atoms with van der Waals surface area (Å²) in [7, 11) is 0. The van der Waals surface area contributed by atoms with Gasteiger partial charge in [-0.2, -0.15) is 0 Å². The highest BCUT2D eigenvalue weighted by molar-refractivity contribution is 4.59. The summed E-state index contributed by atoms with van der Waals surface area (Å²) in [5.74, 6) is 0. The Morgan fingerprint density at radius 2 is 2.00 bits per heavy atom. The molecule has 2 saturated heterocycles. The number of nitrogens with zero attached hydrogens (tertiary/aromatic N) is 1. The van der Waals surface area contributed by atoms with Crippen LogP contribution in [0.25, 0.3) is 0 Å². The van der Waals surface area contributed by atoms with Gasteiger partial charge in [0, 0.05) is 19.7 Å². The molecule has 4 heteroatoms. The minimum atomic E-state index is 0.0339. The Balaban J connectivity index is 1.60. The molecule has 1 unspecified atom stereocenters. The second-order valence-corrected chi connectivity index (χ2v) is 3.82. The Labute approximate surface area is 85.1 Å². The number of hydrogen-bond donors (Lipinski definition) is 0. The highest BCUT2D eigenvalue weighted by Crippen LogP contribution is 2.14. The van der Waals surface area contributed by atoms with E-state index in [-0.39, 0.29) is 6.29 Å². The molecule has 4 nitrogen and oxygen atoms in total. The number of morpholine rings is 1. The van der Waals surface area contributed by atoms with E-state index in [1.807, 2.05) is 0 Å². The molecule has 0 aromatic heterocycles. The van der Waals surface area contributed by atoms with Crippen molar-refractivity contribution in [2.45, 2.75) is 25.6 Å². The van der Waals surface area contributed by atoms with Crippen LogP contribution in [0.15, 0.2) is 0 Å². The summed E-state index contributed by atoms with van der Waals surface area (Å²) in [4.78, 5) is 2.27. The second kappa shape index (κ2) is 5.66. The van der Waals surface area contributed by atoms with Crippen molar-refractivity contribution in [1.29, 1.82) is 0 Å². The van der Waals surface area contributed by atoms with Crippen LogP contribution in [0.3, 0.4) is 0 Å². The number of ether oxygens (including phenoxy) is 3. The summed E-state index contributed by atoms with van der Waals surface area (Å²) in [6.45, 7) is 5.16. The molecule has 2 heterocycles. The molecule has 14 heavy (non-hydrogen) atoms. The summed E-state index contributed by atoms with van der Waals surface area (Å²) >= 11 is 0. The van der Waals surface area contributed by atoms with Crippen molar-refractivity contribution in [2.75, 3.05) is 39.6 Å². The lowest BCUT2D eigenvalue weighted by Gasteiger charge is -2.29. The van der Waals surface area contributed by atoms with Gasteiger partial charge in [0.05, 0.1) is 13.2 Å². The van der Waals surface area contributed by atoms with E-state index in [1.165, 1.54) is 12.8 Å². The summed E-state index contributed by atoms with van der Waals surface area (Å²) in [6, 6.07) is 0. The largest absolute Gasteiger partial charge is 0.379 e. The van der Waals surface area contributed by atoms with Crippen LogP contribution in [0.2, 0.25) is 0 Å². The van der Waals surface area contributed by atoms with Crippen molar-refractivity contribution in [1.82, 2.24) is 4.90 Å². The molecule has 0 bridgehead atoms. The Morgan fingerprint density at radius 1 is 1.14 bits per heavy atom. The van der Waals surface area contributed by atoms with Gasteiger partial charge >= 0.3 is 0 Å². The van der Waals surface area contributed by atoms with Gasteiger partial charge in [0.1, 0.15) is 6.73 Å². The van der Waals surface area contributed by atoms with Crippen molar-refractivity contribution in [3.05, 3.63) is 0 Å². The first-order valence-corrected chi connectivity index (χ1v) is 5.48. The molecule has 0 amide bonds. The zero-order chi connectivity index (χ0) is 9.64. The van der Waals surface area contributed by atoms with Gasteiger partial charge < -0.3 is 14.2 Å². The molecule has 2 aliphatic rings. The second-order valence-electron chi connectivity index (χ2n) is 3.82. The van der Waals surface area contributed by atoms with Gasteiger partial charge in [0.2, 0.25) is 0 Å². The van der Waals surface area contributed by atoms with E-state index in [4.69, 9.17) is 14.2 Å². The molecule has 1 atom stereocenters. The fourth-order valence-electron chi connectivity index (χ4n) is 1.76. The normalized spacial score (nSPS) is 30.4. The lowest BCUT2D eigenvalue weighted by atomic mass is 10.2. The Bertz CT molecular complexity index is 135. The summed E-state index contributed by atoms with van der Waals surface area (Å²) in [5, 5.41) is 0. The lowest BCUT2D eigenvalue weighted by molar-refractivity contribution is -0.189. The van der Waals surface area contributed by atoms with Crippen molar-refractivity contribution in [3.63, 3.8) is 0 Å². The average Bonchev–Trinajstić information content (AvgIpc) is 2.29. The van der Waals surface area contributed by atoms with Gasteiger partial charge in [-0.1, -0.05) is 0 Å². The predicted molar refractivity (Wildman–Crippen MR) is 51.9 cm³/mol. The molecule has 2 rings (SSSR count). The number of hydrogen-bond acceptors (Lipinski definition) is 4. The van der Waals surface area contributed by atoms with Crippen LogP contribution in [-0.4, -0.2) is 50.8 Å². The molecule has 2 aliphatic heterocycles. The van der Waals surface area contributed by atoms with E-state index in [1.54, 1.807) is 0 Å². The van der Waals surface area contributed by atoms with E-state index < -0.39 is 0 Å². The zero-order valence-corrected chi connectivity index (χ0v) is 8.61. The van der Waals surface area contributed by atoms with Gasteiger partial charge in [-0.3, -0.25) is 4.90 Å². The van der Waals surface area contributed by atoms with E-state index in [9.17, 15) is 0 Å². The predicted octanol–water partition coefficient (Wildman–Crippen LogP) is 0.819. The third-order valence-corrected chi connectivity index (χ3v) is 2.68. The van der Waals surface area contributed by atoms with Crippen LogP contribution in [0, 0.1) is 0 Å². The van der Waals surface area contributed by atoms with Crippen LogP contribution in [0.1, 0.15) is 19.3 Å². The maximum Gasteiger partial charge on any atom is 0.159 e. The molecule has 0 radical (unpaired) electrons. The smallest absolute Gasteiger partial charge is 0.159 e. The minimum Gasteiger partial charge on any atom is -0.379 e. The third-order valence-electron chi connectivity index (χ3n) is 2.68. The van der Waals surface area contributed by atoms with E-state index in [0.717, 1.165) is 39.3 Å². The van der Waals surface area contributed by atoms with Gasteiger partial charge in [-0.05, 0) is 19.3 Å². The highest BCUT2D eigenvalue weighted by Gasteiger charge is 2.16. The summed E-state index contributed by atoms with van der Waals surface area (Å²) in [6.07, 6.45) is 3.49. The van der Waals surface area contributed by atoms with Crippen LogP contribution >= 0.6 is 0 Å². The van der Waals surface area contributed by atoms with Gasteiger partial charge in [0.15, 0.2) is 6.29 Å². The molecule has 2 fully saturated rings. The molecular formula is C10H19NO3. The lowest BCUT2D eigenvalue weighted by Crippen LogP contribution is -2.39. The van der Waals surface area contributed by atoms with E-state index in [0.29, 0.717) is 6.73 Å². The molecule has 0 aromatic carbocycles.